The molecule has 0 aliphatic carbocycles. The van der Waals surface area contributed by atoms with Crippen molar-refractivity contribution in [1.29, 1.82) is 0 Å². The maximum Gasteiger partial charge on any atom is 0.243 e. The molecule has 0 fully saturated rings. The van der Waals surface area contributed by atoms with Gasteiger partial charge in [0, 0.05) is 0 Å². The van der Waals surface area contributed by atoms with Crippen LogP contribution >= 0.6 is 0 Å². The summed E-state index contributed by atoms with van der Waals surface area (Å²) in [5, 5.41) is 5.69. The van der Waals surface area contributed by atoms with Gasteiger partial charge in [0.15, 0.2) is 8.07 Å². The molecular weight excluding hydrogens is 591 g/mol. The summed E-state index contributed by atoms with van der Waals surface area (Å²) in [7, 11) is -2.66. The van der Waals surface area contributed by atoms with E-state index in [1.807, 2.05) is 0 Å². The van der Waals surface area contributed by atoms with Crippen LogP contribution in [0.1, 0.15) is 38.9 Å². The normalized spacial score (nSPS) is 13.6. The van der Waals surface area contributed by atoms with Gasteiger partial charge in [0.2, 0.25) is 6.71 Å². The Kier molecular flexibility index (Phi) is 6.20. The summed E-state index contributed by atoms with van der Waals surface area (Å²) in [5.41, 5.74) is 17.9. The molecule has 10 rings (SSSR count). The molecule has 3 heterocycles. The minimum Gasteiger partial charge on any atom is -0.0623 e. The molecule has 0 amide bonds. The van der Waals surface area contributed by atoms with Crippen LogP contribution in [0.25, 0.3) is 11.1 Å². The molecule has 3 aliphatic heterocycles. The van der Waals surface area contributed by atoms with Crippen molar-refractivity contribution in [2.45, 2.75) is 26.2 Å². The van der Waals surface area contributed by atoms with E-state index >= 15 is 0 Å². The number of hydrogen-bond donors (Lipinski definition) is 0. The average molecular weight is 627 g/mol. The SMILES string of the molecule is Cc1cccc([Si](c2ccccc2)(c2ccccc2)c2cccc(-c3ccc4c5c3Cc3cccc6c3B5c3c(cccc3C4)C6)c2)c1. The van der Waals surface area contributed by atoms with Crippen LogP contribution in [0.2, 0.25) is 0 Å². The minimum atomic E-state index is -2.66. The molecule has 0 saturated heterocycles. The van der Waals surface area contributed by atoms with Crippen LogP contribution in [-0.4, -0.2) is 14.8 Å². The Morgan fingerprint density at radius 3 is 1.52 bits per heavy atom. The smallest absolute Gasteiger partial charge is 0.0623 e. The zero-order chi connectivity index (χ0) is 31.8. The van der Waals surface area contributed by atoms with E-state index in [4.69, 9.17) is 0 Å². The van der Waals surface area contributed by atoms with Crippen molar-refractivity contribution in [3.63, 3.8) is 0 Å². The van der Waals surface area contributed by atoms with Gasteiger partial charge in [-0.05, 0) is 91.4 Å². The lowest BCUT2D eigenvalue weighted by Crippen LogP contribution is -2.74. The van der Waals surface area contributed by atoms with Crippen molar-refractivity contribution in [3.8, 4) is 11.1 Å². The maximum atomic E-state index is 2.56. The van der Waals surface area contributed by atoms with Gasteiger partial charge >= 0.3 is 0 Å². The van der Waals surface area contributed by atoms with Crippen molar-refractivity contribution < 1.29 is 0 Å². The van der Waals surface area contributed by atoms with Gasteiger partial charge in [-0.15, -0.1) is 0 Å². The highest BCUT2D eigenvalue weighted by Crippen LogP contribution is 2.33. The van der Waals surface area contributed by atoms with Crippen LogP contribution in [0.4, 0.5) is 0 Å². The van der Waals surface area contributed by atoms with E-state index < -0.39 is 8.07 Å². The molecule has 226 valence electrons. The van der Waals surface area contributed by atoms with Gasteiger partial charge < -0.3 is 0 Å². The first-order valence-corrected chi connectivity index (χ1v) is 19.4. The Bertz CT molecular complexity index is 2320. The predicted octanol–water partition coefficient (Wildman–Crippen LogP) is 5.27. The number of benzene rings is 7. The van der Waals surface area contributed by atoms with Gasteiger partial charge in [-0.1, -0.05) is 180 Å². The van der Waals surface area contributed by atoms with Gasteiger partial charge in [-0.3, -0.25) is 0 Å². The van der Waals surface area contributed by atoms with E-state index in [0.29, 0.717) is 6.71 Å². The highest BCUT2D eigenvalue weighted by Gasteiger charge is 2.44. The third-order valence-corrected chi connectivity index (χ3v) is 16.2. The van der Waals surface area contributed by atoms with E-state index in [1.165, 1.54) is 70.8 Å². The fraction of sp³-hybridized carbons (Fsp3) is 0.0870. The molecule has 0 nitrogen and oxygen atoms in total. The third-order valence-electron chi connectivity index (χ3n) is 11.5. The highest BCUT2D eigenvalue weighted by atomic mass is 28.3. The fourth-order valence-corrected chi connectivity index (χ4v) is 14.5. The number of aryl methyl sites for hydroxylation is 1. The Morgan fingerprint density at radius 1 is 0.417 bits per heavy atom. The summed E-state index contributed by atoms with van der Waals surface area (Å²) in [5.74, 6) is 0. The first kappa shape index (κ1) is 27.9. The zero-order valence-electron chi connectivity index (χ0n) is 27.2. The van der Waals surface area contributed by atoms with E-state index in [-0.39, 0.29) is 0 Å². The topological polar surface area (TPSA) is 0 Å². The first-order chi connectivity index (χ1) is 23.7. The summed E-state index contributed by atoms with van der Waals surface area (Å²) in [4.78, 5) is 0. The molecule has 0 saturated carbocycles. The quantitative estimate of drug-likeness (QED) is 0.181. The second kappa shape index (κ2) is 10.7. The second-order valence-corrected chi connectivity index (χ2v) is 17.8. The van der Waals surface area contributed by atoms with Gasteiger partial charge in [-0.2, -0.15) is 0 Å². The van der Waals surface area contributed by atoms with Crippen LogP contribution in [0, 0.1) is 6.92 Å². The van der Waals surface area contributed by atoms with Crippen molar-refractivity contribution >= 4 is 51.9 Å². The standard InChI is InChI=1S/C46H35BSi/c1-31-12-8-22-40(26-31)48(38-18-4-2-5-19-38,39-20-6-3-7-21-39)41-23-11-13-32(29-41)42-25-24-37-28-35-15-9-14-33-27-34-16-10-17-36-30-43(42)46(37)47(44(33)35)45(34)36/h2-26,29H,27-28,30H2,1H3. The van der Waals surface area contributed by atoms with E-state index in [1.54, 1.807) is 16.4 Å². The van der Waals surface area contributed by atoms with Gasteiger partial charge in [0.1, 0.15) is 0 Å². The summed E-state index contributed by atoms with van der Waals surface area (Å²) >= 11 is 0. The minimum absolute atomic E-state index is 0.348. The monoisotopic (exact) mass is 626 g/mol. The molecule has 48 heavy (non-hydrogen) atoms. The van der Waals surface area contributed by atoms with Crippen molar-refractivity contribution in [2.75, 3.05) is 0 Å². The molecule has 2 heteroatoms. The molecule has 0 N–H and O–H groups in total. The second-order valence-electron chi connectivity index (χ2n) is 14.0. The predicted molar refractivity (Wildman–Crippen MR) is 206 cm³/mol. The Balaban J connectivity index is 1.23. The average Bonchev–Trinajstić information content (AvgIpc) is 3.13. The summed E-state index contributed by atoms with van der Waals surface area (Å²) < 4.78 is 0. The largest absolute Gasteiger partial charge is 0.243 e. The van der Waals surface area contributed by atoms with Gasteiger partial charge in [0.05, 0.1) is 0 Å². The molecule has 0 spiro atoms. The van der Waals surface area contributed by atoms with E-state index in [2.05, 4.69) is 165 Å². The lowest BCUT2D eigenvalue weighted by molar-refractivity contribution is 1.10. The maximum absolute atomic E-state index is 2.66. The van der Waals surface area contributed by atoms with Crippen LogP contribution in [0.15, 0.2) is 158 Å². The zero-order valence-corrected chi connectivity index (χ0v) is 28.2. The molecular formula is C46H35BSi. The number of rotatable bonds is 5. The van der Waals surface area contributed by atoms with Crippen molar-refractivity contribution in [1.82, 2.24) is 0 Å². The molecule has 0 radical (unpaired) electrons. The molecule has 7 aromatic rings. The van der Waals surface area contributed by atoms with Crippen molar-refractivity contribution in [2.24, 2.45) is 0 Å². The first-order valence-electron chi connectivity index (χ1n) is 17.4. The summed E-state index contributed by atoms with van der Waals surface area (Å²) in [6.07, 6.45) is 3.09. The van der Waals surface area contributed by atoms with Gasteiger partial charge in [-0.25, -0.2) is 0 Å². The Labute approximate surface area is 284 Å². The fourth-order valence-electron chi connectivity index (χ4n) is 9.59. The van der Waals surface area contributed by atoms with Crippen LogP contribution in [0.3, 0.4) is 0 Å². The Hall–Kier alpha value is -5.18. The number of hydrogen-bond acceptors (Lipinski definition) is 0. The van der Waals surface area contributed by atoms with Crippen molar-refractivity contribution in [3.05, 3.63) is 197 Å². The van der Waals surface area contributed by atoms with Crippen LogP contribution in [-0.2, 0) is 19.3 Å². The van der Waals surface area contributed by atoms with E-state index in [0.717, 1.165) is 19.3 Å². The van der Waals surface area contributed by atoms with Crippen LogP contribution in [0.5, 0.6) is 0 Å². The Morgan fingerprint density at radius 2 is 0.917 bits per heavy atom. The molecule has 0 aromatic heterocycles. The van der Waals surface area contributed by atoms with Gasteiger partial charge in [0.25, 0.3) is 0 Å². The molecule has 7 aromatic carbocycles. The summed E-state index contributed by atoms with van der Waals surface area (Å²) in [6.45, 7) is 2.58. The lowest BCUT2D eigenvalue weighted by Gasteiger charge is -2.40. The van der Waals surface area contributed by atoms with E-state index in [9.17, 15) is 0 Å². The molecule has 0 unspecified atom stereocenters. The lowest BCUT2D eigenvalue weighted by atomic mass is 9.28. The van der Waals surface area contributed by atoms with Crippen LogP contribution < -0.4 is 37.1 Å². The third kappa shape index (κ3) is 3.96. The molecule has 3 aliphatic rings. The molecule has 0 atom stereocenters. The highest BCUT2D eigenvalue weighted by molar-refractivity contribution is 7.20. The molecule has 0 bridgehead atoms. The summed E-state index contributed by atoms with van der Waals surface area (Å²) in [6, 6.07) is 60.6.